The molecule has 0 bridgehead atoms. The van der Waals surface area contributed by atoms with E-state index in [0.717, 1.165) is 19.4 Å². The van der Waals surface area contributed by atoms with Gasteiger partial charge in [-0.1, -0.05) is 25.1 Å². The highest BCUT2D eigenvalue weighted by atomic mass is 16.3. The summed E-state index contributed by atoms with van der Waals surface area (Å²) in [7, 11) is 0. The molecule has 0 amide bonds. The maximum absolute atomic E-state index is 9.83. The van der Waals surface area contributed by atoms with E-state index in [1.165, 1.54) is 16.7 Å². The first-order chi connectivity index (χ1) is 7.63. The van der Waals surface area contributed by atoms with Gasteiger partial charge in [0.05, 0.1) is 6.10 Å². The predicted octanol–water partition coefficient (Wildman–Crippen LogP) is 2.21. The molecule has 0 saturated carbocycles. The van der Waals surface area contributed by atoms with Gasteiger partial charge < -0.3 is 10.4 Å². The van der Waals surface area contributed by atoms with Crippen LogP contribution in [0.3, 0.4) is 0 Å². The molecule has 2 N–H and O–H groups in total. The molecule has 0 aliphatic carbocycles. The summed E-state index contributed by atoms with van der Waals surface area (Å²) in [5.74, 6) is 0. The highest BCUT2D eigenvalue weighted by Gasteiger charge is 2.05. The molecule has 90 valence electrons. The second kappa shape index (κ2) is 6.66. The molecule has 2 nitrogen and oxygen atoms in total. The predicted molar refractivity (Wildman–Crippen MR) is 68.8 cm³/mol. The van der Waals surface area contributed by atoms with Crippen LogP contribution < -0.4 is 5.32 Å². The standard InChI is InChI=1S/C14H23NO/c1-4-7-15-10-14(16)9-13-6-5-11(2)12(3)8-13/h5-6,8,14-16H,4,7,9-10H2,1-3H3. The minimum absolute atomic E-state index is 0.284. The van der Waals surface area contributed by atoms with Crippen molar-refractivity contribution in [3.63, 3.8) is 0 Å². The third-order valence-corrected chi connectivity index (χ3v) is 2.85. The van der Waals surface area contributed by atoms with Crippen LogP contribution in [0.25, 0.3) is 0 Å². The summed E-state index contributed by atoms with van der Waals surface area (Å²) in [6.45, 7) is 8.01. The largest absolute Gasteiger partial charge is 0.391 e. The van der Waals surface area contributed by atoms with E-state index in [0.29, 0.717) is 6.54 Å². The number of benzene rings is 1. The molecule has 0 aliphatic heterocycles. The van der Waals surface area contributed by atoms with E-state index in [1.54, 1.807) is 0 Å². The average Bonchev–Trinajstić information content (AvgIpc) is 2.24. The third-order valence-electron chi connectivity index (χ3n) is 2.85. The zero-order valence-corrected chi connectivity index (χ0v) is 10.6. The summed E-state index contributed by atoms with van der Waals surface area (Å²) >= 11 is 0. The Balaban J connectivity index is 2.43. The molecule has 0 radical (unpaired) electrons. The van der Waals surface area contributed by atoms with E-state index in [1.807, 2.05) is 0 Å². The molecule has 16 heavy (non-hydrogen) atoms. The molecule has 2 heteroatoms. The Kier molecular flexibility index (Phi) is 5.50. The van der Waals surface area contributed by atoms with Crippen LogP contribution in [0, 0.1) is 13.8 Å². The smallest absolute Gasteiger partial charge is 0.0704 e. The molecule has 1 rings (SSSR count). The van der Waals surface area contributed by atoms with Crippen molar-refractivity contribution < 1.29 is 5.11 Å². The van der Waals surface area contributed by atoms with Crippen LogP contribution in [0.1, 0.15) is 30.0 Å². The van der Waals surface area contributed by atoms with Gasteiger partial charge in [0.2, 0.25) is 0 Å². The summed E-state index contributed by atoms with van der Waals surface area (Å²) in [6, 6.07) is 6.39. The van der Waals surface area contributed by atoms with E-state index in [9.17, 15) is 5.11 Å². The minimum atomic E-state index is -0.284. The number of hydrogen-bond acceptors (Lipinski definition) is 2. The van der Waals surface area contributed by atoms with Gasteiger partial charge in [0.25, 0.3) is 0 Å². The van der Waals surface area contributed by atoms with Crippen LogP contribution in [-0.2, 0) is 6.42 Å². The fourth-order valence-electron chi connectivity index (χ4n) is 1.72. The molecule has 0 aromatic heterocycles. The van der Waals surface area contributed by atoms with Gasteiger partial charge in [-0.3, -0.25) is 0 Å². The second-order valence-electron chi connectivity index (χ2n) is 4.48. The van der Waals surface area contributed by atoms with Crippen molar-refractivity contribution in [1.82, 2.24) is 5.32 Å². The lowest BCUT2D eigenvalue weighted by molar-refractivity contribution is 0.172. The molecule has 1 aromatic carbocycles. The van der Waals surface area contributed by atoms with Crippen molar-refractivity contribution in [2.45, 2.75) is 39.7 Å². The number of hydrogen-bond donors (Lipinski definition) is 2. The van der Waals surface area contributed by atoms with Crippen molar-refractivity contribution in [1.29, 1.82) is 0 Å². The lowest BCUT2D eigenvalue weighted by atomic mass is 10.0. The highest BCUT2D eigenvalue weighted by Crippen LogP contribution is 2.11. The van der Waals surface area contributed by atoms with Crippen molar-refractivity contribution in [2.24, 2.45) is 0 Å². The highest BCUT2D eigenvalue weighted by molar-refractivity contribution is 5.30. The van der Waals surface area contributed by atoms with Gasteiger partial charge in [0.1, 0.15) is 0 Å². The Morgan fingerprint density at radius 3 is 2.62 bits per heavy atom. The summed E-state index contributed by atoms with van der Waals surface area (Å²) in [5, 5.41) is 13.1. The zero-order valence-electron chi connectivity index (χ0n) is 10.6. The van der Waals surface area contributed by atoms with Crippen molar-refractivity contribution >= 4 is 0 Å². The topological polar surface area (TPSA) is 32.3 Å². The Labute approximate surface area is 98.7 Å². The summed E-state index contributed by atoms with van der Waals surface area (Å²) < 4.78 is 0. The maximum atomic E-state index is 9.83. The van der Waals surface area contributed by atoms with E-state index in [-0.39, 0.29) is 6.10 Å². The van der Waals surface area contributed by atoms with Crippen LogP contribution in [-0.4, -0.2) is 24.3 Å². The number of nitrogens with one attached hydrogen (secondary N) is 1. The fourth-order valence-corrected chi connectivity index (χ4v) is 1.72. The number of aryl methyl sites for hydroxylation is 2. The zero-order chi connectivity index (χ0) is 12.0. The normalized spacial score (nSPS) is 12.8. The van der Waals surface area contributed by atoms with Gasteiger partial charge in [-0.25, -0.2) is 0 Å². The van der Waals surface area contributed by atoms with Crippen molar-refractivity contribution in [3.05, 3.63) is 34.9 Å². The summed E-state index contributed by atoms with van der Waals surface area (Å²) in [6.07, 6.45) is 1.56. The molecule has 0 aliphatic rings. The quantitative estimate of drug-likeness (QED) is 0.722. The Bertz CT molecular complexity index is 323. The fraction of sp³-hybridized carbons (Fsp3) is 0.571. The van der Waals surface area contributed by atoms with Gasteiger partial charge in [-0.2, -0.15) is 0 Å². The molecule has 0 spiro atoms. The van der Waals surface area contributed by atoms with Crippen LogP contribution >= 0.6 is 0 Å². The third kappa shape index (κ3) is 4.33. The minimum Gasteiger partial charge on any atom is -0.391 e. The molecule has 0 fully saturated rings. The Hall–Kier alpha value is -0.860. The molecule has 1 unspecified atom stereocenters. The van der Waals surface area contributed by atoms with Gasteiger partial charge in [0.15, 0.2) is 0 Å². The lowest BCUT2D eigenvalue weighted by Gasteiger charge is -2.12. The van der Waals surface area contributed by atoms with Crippen LogP contribution in [0.2, 0.25) is 0 Å². The maximum Gasteiger partial charge on any atom is 0.0704 e. The van der Waals surface area contributed by atoms with Gasteiger partial charge >= 0.3 is 0 Å². The van der Waals surface area contributed by atoms with Crippen LogP contribution in [0.5, 0.6) is 0 Å². The first-order valence-electron chi connectivity index (χ1n) is 6.08. The number of rotatable bonds is 6. The van der Waals surface area contributed by atoms with Gasteiger partial charge in [0, 0.05) is 6.54 Å². The Morgan fingerprint density at radius 2 is 2.00 bits per heavy atom. The molecular formula is C14H23NO. The van der Waals surface area contributed by atoms with Crippen molar-refractivity contribution in [3.8, 4) is 0 Å². The summed E-state index contributed by atoms with van der Waals surface area (Å²) in [5.41, 5.74) is 3.82. The van der Waals surface area contributed by atoms with Gasteiger partial charge in [-0.05, 0) is 49.9 Å². The average molecular weight is 221 g/mol. The Morgan fingerprint density at radius 1 is 1.25 bits per heavy atom. The number of aliphatic hydroxyl groups is 1. The second-order valence-corrected chi connectivity index (χ2v) is 4.48. The van der Waals surface area contributed by atoms with E-state index >= 15 is 0 Å². The van der Waals surface area contributed by atoms with Crippen LogP contribution in [0.4, 0.5) is 0 Å². The first kappa shape index (κ1) is 13.2. The molecule has 0 saturated heterocycles. The lowest BCUT2D eigenvalue weighted by Crippen LogP contribution is -2.28. The molecule has 1 atom stereocenters. The van der Waals surface area contributed by atoms with Crippen LogP contribution in [0.15, 0.2) is 18.2 Å². The monoisotopic (exact) mass is 221 g/mol. The van der Waals surface area contributed by atoms with E-state index in [4.69, 9.17) is 0 Å². The molecule has 1 aromatic rings. The first-order valence-corrected chi connectivity index (χ1v) is 6.08. The SMILES string of the molecule is CCCNCC(O)Cc1ccc(C)c(C)c1. The molecular weight excluding hydrogens is 198 g/mol. The van der Waals surface area contributed by atoms with E-state index in [2.05, 4.69) is 44.3 Å². The van der Waals surface area contributed by atoms with E-state index < -0.39 is 0 Å². The summed E-state index contributed by atoms with van der Waals surface area (Å²) in [4.78, 5) is 0. The van der Waals surface area contributed by atoms with Gasteiger partial charge in [-0.15, -0.1) is 0 Å². The molecule has 0 heterocycles. The van der Waals surface area contributed by atoms with Crippen molar-refractivity contribution in [2.75, 3.05) is 13.1 Å². The number of aliphatic hydroxyl groups excluding tert-OH is 1.